The van der Waals surface area contributed by atoms with Gasteiger partial charge in [0.1, 0.15) is 5.57 Å². The fraction of sp³-hybridized carbons (Fsp3) is 0.0870. The second kappa shape index (κ2) is 8.01. The van der Waals surface area contributed by atoms with Gasteiger partial charge in [-0.2, -0.15) is 0 Å². The second-order valence-electron chi connectivity index (χ2n) is 6.96. The van der Waals surface area contributed by atoms with Gasteiger partial charge in [0.05, 0.1) is 5.69 Å². The number of hydrogen-bond acceptors (Lipinski definition) is 3. The van der Waals surface area contributed by atoms with Crippen molar-refractivity contribution in [3.63, 3.8) is 0 Å². The Kier molecular flexibility index (Phi) is 5.40. The van der Waals surface area contributed by atoms with Crippen LogP contribution in [-0.2, 0) is 9.59 Å². The number of carbonyl (C=O) groups excluding carboxylic acids is 2. The van der Waals surface area contributed by atoms with Gasteiger partial charge in [0.15, 0.2) is 5.11 Å². The van der Waals surface area contributed by atoms with Crippen LogP contribution in [0, 0.1) is 13.8 Å². The van der Waals surface area contributed by atoms with Crippen molar-refractivity contribution < 1.29 is 9.59 Å². The normalized spacial score (nSPS) is 15.6. The number of rotatable bonds is 3. The molecular formula is C23H18BrN3O2S. The number of nitrogens with zero attached hydrogens (tertiary/aromatic N) is 2. The fourth-order valence-corrected chi connectivity index (χ4v) is 4.04. The number of nitrogens with one attached hydrogen (secondary N) is 1. The van der Waals surface area contributed by atoms with Gasteiger partial charge in [0.25, 0.3) is 11.8 Å². The van der Waals surface area contributed by atoms with Crippen LogP contribution in [0.5, 0.6) is 0 Å². The Morgan fingerprint density at radius 1 is 1.03 bits per heavy atom. The van der Waals surface area contributed by atoms with Gasteiger partial charge in [-0.25, -0.2) is 0 Å². The van der Waals surface area contributed by atoms with Crippen molar-refractivity contribution in [3.8, 4) is 5.69 Å². The highest BCUT2D eigenvalue weighted by atomic mass is 79.9. The number of thiocarbonyl (C=S) groups is 1. The molecule has 1 N–H and O–H groups in total. The van der Waals surface area contributed by atoms with Gasteiger partial charge >= 0.3 is 0 Å². The lowest BCUT2D eigenvalue weighted by atomic mass is 10.0. The van der Waals surface area contributed by atoms with E-state index in [1.807, 2.05) is 79.2 Å². The smallest absolute Gasteiger partial charge is 0.270 e. The molecule has 5 nitrogen and oxygen atoms in total. The summed E-state index contributed by atoms with van der Waals surface area (Å²) in [4.78, 5) is 27.4. The largest absolute Gasteiger partial charge is 0.317 e. The maximum absolute atomic E-state index is 13.3. The first-order valence-corrected chi connectivity index (χ1v) is 10.5. The van der Waals surface area contributed by atoms with Crippen molar-refractivity contribution in [2.45, 2.75) is 13.8 Å². The van der Waals surface area contributed by atoms with Gasteiger partial charge in [0, 0.05) is 22.1 Å². The fourth-order valence-electron chi connectivity index (χ4n) is 3.37. The number of amides is 2. The summed E-state index contributed by atoms with van der Waals surface area (Å²) in [7, 11) is 0. The van der Waals surface area contributed by atoms with E-state index in [4.69, 9.17) is 12.2 Å². The van der Waals surface area contributed by atoms with Crippen molar-refractivity contribution in [3.05, 3.63) is 87.7 Å². The topological polar surface area (TPSA) is 54.3 Å². The van der Waals surface area contributed by atoms with Gasteiger partial charge in [-0.1, -0.05) is 34.1 Å². The summed E-state index contributed by atoms with van der Waals surface area (Å²) in [5.41, 5.74) is 4.28. The third-order valence-corrected chi connectivity index (χ3v) is 5.86. The first kappa shape index (κ1) is 20.3. The first-order chi connectivity index (χ1) is 14.4. The Hall–Kier alpha value is -3.03. The van der Waals surface area contributed by atoms with E-state index in [9.17, 15) is 9.59 Å². The molecule has 0 radical (unpaired) electrons. The van der Waals surface area contributed by atoms with Crippen LogP contribution >= 0.6 is 28.1 Å². The molecule has 1 fully saturated rings. The molecule has 0 saturated carbocycles. The highest BCUT2D eigenvalue weighted by molar-refractivity contribution is 9.10. The molecule has 3 aromatic rings. The van der Waals surface area contributed by atoms with E-state index in [1.54, 1.807) is 6.08 Å². The zero-order chi connectivity index (χ0) is 21.4. The number of benzene rings is 2. The molecule has 2 heterocycles. The number of aromatic nitrogens is 1. The molecule has 0 atom stereocenters. The molecule has 30 heavy (non-hydrogen) atoms. The maximum Gasteiger partial charge on any atom is 0.270 e. The molecule has 2 aromatic carbocycles. The highest BCUT2D eigenvalue weighted by Crippen LogP contribution is 2.27. The lowest BCUT2D eigenvalue weighted by molar-refractivity contribution is -0.122. The maximum atomic E-state index is 13.3. The summed E-state index contributed by atoms with van der Waals surface area (Å²) in [6, 6.07) is 17.2. The lowest BCUT2D eigenvalue weighted by Crippen LogP contribution is -2.54. The summed E-state index contributed by atoms with van der Waals surface area (Å²) in [5, 5.41) is 2.73. The predicted molar refractivity (Wildman–Crippen MR) is 126 cm³/mol. The summed E-state index contributed by atoms with van der Waals surface area (Å²) < 4.78 is 2.85. The number of carbonyl (C=O) groups is 2. The number of halogens is 1. The van der Waals surface area contributed by atoms with Crippen molar-refractivity contribution in [2.75, 3.05) is 4.90 Å². The molecule has 0 spiro atoms. The van der Waals surface area contributed by atoms with Crippen molar-refractivity contribution >= 4 is 56.8 Å². The molecule has 7 heteroatoms. The summed E-state index contributed by atoms with van der Waals surface area (Å²) in [6.07, 6.45) is 3.48. The summed E-state index contributed by atoms with van der Waals surface area (Å²) in [5.74, 6) is -0.951. The van der Waals surface area contributed by atoms with Gasteiger partial charge in [-0.15, -0.1) is 0 Å². The van der Waals surface area contributed by atoms with E-state index in [-0.39, 0.29) is 10.7 Å². The molecule has 0 aliphatic carbocycles. The summed E-state index contributed by atoms with van der Waals surface area (Å²) >= 11 is 8.79. The van der Waals surface area contributed by atoms with Crippen molar-refractivity contribution in [1.82, 2.24) is 9.88 Å². The SMILES string of the molecule is Cc1cccc(N2C(=O)/C(=C/c3cccn3-c3cccc(Br)c3)C(=O)NC2=S)c1C. The highest BCUT2D eigenvalue weighted by Gasteiger charge is 2.35. The van der Waals surface area contributed by atoms with Crippen LogP contribution in [0.15, 0.2) is 70.8 Å². The van der Waals surface area contributed by atoms with Crippen LogP contribution in [0.4, 0.5) is 5.69 Å². The average Bonchev–Trinajstić information content (AvgIpc) is 3.16. The Bertz CT molecular complexity index is 1230. The number of anilines is 1. The van der Waals surface area contributed by atoms with Gasteiger partial charge in [0.2, 0.25) is 0 Å². The number of aryl methyl sites for hydroxylation is 1. The van der Waals surface area contributed by atoms with Gasteiger partial charge in [-0.3, -0.25) is 19.8 Å². The van der Waals surface area contributed by atoms with E-state index in [0.29, 0.717) is 11.4 Å². The van der Waals surface area contributed by atoms with Crippen LogP contribution in [0.3, 0.4) is 0 Å². The third kappa shape index (κ3) is 3.62. The van der Waals surface area contributed by atoms with E-state index in [2.05, 4.69) is 21.2 Å². The van der Waals surface area contributed by atoms with Crippen molar-refractivity contribution in [2.24, 2.45) is 0 Å². The molecule has 0 bridgehead atoms. The monoisotopic (exact) mass is 479 g/mol. The second-order valence-corrected chi connectivity index (χ2v) is 8.26. The Balaban J connectivity index is 1.78. The predicted octanol–water partition coefficient (Wildman–Crippen LogP) is 4.69. The van der Waals surface area contributed by atoms with Gasteiger partial charge < -0.3 is 4.57 Å². The van der Waals surface area contributed by atoms with Gasteiger partial charge in [-0.05, 0) is 79.7 Å². The minimum absolute atomic E-state index is 0.0273. The molecular weight excluding hydrogens is 462 g/mol. The average molecular weight is 480 g/mol. The Morgan fingerprint density at radius 3 is 2.57 bits per heavy atom. The Morgan fingerprint density at radius 2 is 1.80 bits per heavy atom. The van der Waals surface area contributed by atoms with E-state index in [0.717, 1.165) is 21.3 Å². The minimum Gasteiger partial charge on any atom is -0.317 e. The molecule has 1 aliphatic rings. The molecule has 1 aliphatic heterocycles. The lowest BCUT2D eigenvalue weighted by Gasteiger charge is -2.30. The van der Waals surface area contributed by atoms with E-state index < -0.39 is 11.8 Å². The molecule has 1 saturated heterocycles. The molecule has 2 amide bonds. The van der Waals surface area contributed by atoms with Crippen LogP contribution in [0.25, 0.3) is 11.8 Å². The zero-order valence-corrected chi connectivity index (χ0v) is 18.8. The molecule has 4 rings (SSSR count). The van der Waals surface area contributed by atoms with Crippen LogP contribution in [0.1, 0.15) is 16.8 Å². The minimum atomic E-state index is -0.506. The quantitative estimate of drug-likeness (QED) is 0.336. The summed E-state index contributed by atoms with van der Waals surface area (Å²) in [6.45, 7) is 3.90. The van der Waals surface area contributed by atoms with Crippen LogP contribution in [0.2, 0.25) is 0 Å². The Labute approximate surface area is 188 Å². The van der Waals surface area contributed by atoms with Crippen LogP contribution < -0.4 is 10.2 Å². The standard InChI is InChI=1S/C23H18BrN3O2S/c1-14-6-3-10-20(15(14)2)27-22(29)19(21(28)25-23(27)30)13-18-9-5-11-26(18)17-8-4-7-16(24)12-17/h3-13H,1-2H3,(H,25,28,30)/b19-13+. The third-order valence-electron chi connectivity index (χ3n) is 5.08. The van der Waals surface area contributed by atoms with Crippen molar-refractivity contribution in [1.29, 1.82) is 0 Å². The van der Waals surface area contributed by atoms with E-state index >= 15 is 0 Å². The van der Waals surface area contributed by atoms with E-state index in [1.165, 1.54) is 4.90 Å². The number of hydrogen-bond donors (Lipinski definition) is 1. The molecule has 1 aromatic heterocycles. The first-order valence-electron chi connectivity index (χ1n) is 9.28. The molecule has 150 valence electrons. The molecule has 0 unspecified atom stereocenters. The van der Waals surface area contributed by atoms with Crippen LogP contribution in [-0.4, -0.2) is 21.5 Å². The zero-order valence-electron chi connectivity index (χ0n) is 16.3.